The van der Waals surface area contributed by atoms with Crippen LogP contribution in [0.15, 0.2) is 47.4 Å². The number of thioether (sulfide) groups is 1. The Kier molecular flexibility index (Phi) is 4.94. The molecule has 3 rings (SSSR count). The molecule has 0 atom stereocenters. The normalized spacial score (nSPS) is 16.3. The molecule has 0 saturated carbocycles. The number of rotatable bonds is 3. The highest BCUT2D eigenvalue weighted by Gasteiger charge is 2.35. The largest absolute Gasteiger partial charge is 0.293 e. The number of hydrogen-bond acceptors (Lipinski definition) is 3. The zero-order chi connectivity index (χ0) is 17.3. The van der Waals surface area contributed by atoms with Gasteiger partial charge in [0.1, 0.15) is 5.82 Å². The Labute approximate surface area is 152 Å². The molecule has 1 aliphatic rings. The lowest BCUT2D eigenvalue weighted by Crippen LogP contribution is -2.28. The van der Waals surface area contributed by atoms with Crippen molar-refractivity contribution in [2.45, 2.75) is 6.54 Å². The average Bonchev–Trinajstić information content (AvgIpc) is 2.78. The van der Waals surface area contributed by atoms with Crippen molar-refractivity contribution in [3.63, 3.8) is 0 Å². The summed E-state index contributed by atoms with van der Waals surface area (Å²) in [4.78, 5) is 25.8. The molecule has 1 heterocycles. The molecule has 0 aromatic heterocycles. The van der Waals surface area contributed by atoms with E-state index in [2.05, 4.69) is 0 Å². The number of amides is 2. The molecule has 0 radical (unpaired) electrons. The van der Waals surface area contributed by atoms with E-state index in [1.807, 2.05) is 0 Å². The van der Waals surface area contributed by atoms with Gasteiger partial charge < -0.3 is 0 Å². The monoisotopic (exact) mass is 381 g/mol. The molecule has 2 aromatic rings. The fourth-order valence-corrected chi connectivity index (χ4v) is 3.49. The zero-order valence-electron chi connectivity index (χ0n) is 12.1. The predicted octanol–water partition coefficient (Wildman–Crippen LogP) is 5.37. The van der Waals surface area contributed by atoms with Crippen LogP contribution in [0.1, 0.15) is 11.1 Å². The second-order valence-electron chi connectivity index (χ2n) is 5.02. The van der Waals surface area contributed by atoms with Gasteiger partial charge in [-0.3, -0.25) is 14.5 Å². The predicted molar refractivity (Wildman–Crippen MR) is 94.4 cm³/mol. The quantitative estimate of drug-likeness (QED) is 0.670. The lowest BCUT2D eigenvalue weighted by atomic mass is 10.2. The Morgan fingerprint density at radius 2 is 1.88 bits per heavy atom. The van der Waals surface area contributed by atoms with Crippen LogP contribution in [0, 0.1) is 5.82 Å². The van der Waals surface area contributed by atoms with Crippen LogP contribution in [-0.2, 0) is 11.3 Å². The lowest BCUT2D eigenvalue weighted by molar-refractivity contribution is -0.123. The molecule has 0 bridgehead atoms. The lowest BCUT2D eigenvalue weighted by Gasteiger charge is -2.14. The zero-order valence-corrected chi connectivity index (χ0v) is 14.5. The molecule has 1 aliphatic heterocycles. The Bertz CT molecular complexity index is 849. The second-order valence-corrected chi connectivity index (χ2v) is 6.86. The van der Waals surface area contributed by atoms with Gasteiger partial charge in [0, 0.05) is 15.6 Å². The first-order valence-electron chi connectivity index (χ1n) is 6.89. The summed E-state index contributed by atoms with van der Waals surface area (Å²) in [5.41, 5.74) is 0.822. The van der Waals surface area contributed by atoms with Crippen LogP contribution in [0.3, 0.4) is 0 Å². The first-order chi connectivity index (χ1) is 11.5. The maximum atomic E-state index is 13.9. The van der Waals surface area contributed by atoms with E-state index in [-0.39, 0.29) is 22.0 Å². The van der Waals surface area contributed by atoms with Crippen molar-refractivity contribution in [3.8, 4) is 0 Å². The maximum Gasteiger partial charge on any atom is 0.293 e. The third-order valence-electron chi connectivity index (χ3n) is 3.40. The summed E-state index contributed by atoms with van der Waals surface area (Å²) in [6, 6.07) is 11.1. The van der Waals surface area contributed by atoms with Crippen molar-refractivity contribution in [1.82, 2.24) is 4.90 Å². The smallest absolute Gasteiger partial charge is 0.268 e. The fraction of sp³-hybridized carbons (Fsp3) is 0.0588. The summed E-state index contributed by atoms with van der Waals surface area (Å²) in [6.07, 6.45) is 1.58. The van der Waals surface area contributed by atoms with Gasteiger partial charge in [0.05, 0.1) is 11.4 Å². The summed E-state index contributed by atoms with van der Waals surface area (Å²) < 4.78 is 13.9. The van der Waals surface area contributed by atoms with Gasteiger partial charge in [-0.2, -0.15) is 0 Å². The van der Waals surface area contributed by atoms with Crippen molar-refractivity contribution in [3.05, 3.63) is 74.4 Å². The summed E-state index contributed by atoms with van der Waals surface area (Å²) >= 11 is 12.7. The SMILES string of the molecule is O=C1S/C(=C\c2cccc(Cl)c2)C(=O)N1Cc1c(F)cccc1Cl. The summed E-state index contributed by atoms with van der Waals surface area (Å²) in [5.74, 6) is -1.04. The van der Waals surface area contributed by atoms with Crippen LogP contribution in [0.5, 0.6) is 0 Å². The van der Waals surface area contributed by atoms with E-state index >= 15 is 0 Å². The van der Waals surface area contributed by atoms with Gasteiger partial charge in [-0.25, -0.2) is 4.39 Å². The van der Waals surface area contributed by atoms with Crippen molar-refractivity contribution in [1.29, 1.82) is 0 Å². The topological polar surface area (TPSA) is 37.4 Å². The van der Waals surface area contributed by atoms with Gasteiger partial charge in [-0.05, 0) is 47.7 Å². The molecule has 0 N–H and O–H groups in total. The van der Waals surface area contributed by atoms with Crippen LogP contribution < -0.4 is 0 Å². The minimum Gasteiger partial charge on any atom is -0.268 e. The summed E-state index contributed by atoms with van der Waals surface area (Å²) in [6.45, 7) is -0.205. The van der Waals surface area contributed by atoms with Gasteiger partial charge in [0.15, 0.2) is 0 Å². The number of halogens is 3. The highest BCUT2D eigenvalue weighted by molar-refractivity contribution is 8.18. The number of benzene rings is 2. The molecule has 24 heavy (non-hydrogen) atoms. The number of hydrogen-bond donors (Lipinski definition) is 0. The van der Waals surface area contributed by atoms with Gasteiger partial charge in [-0.15, -0.1) is 0 Å². The fourth-order valence-electron chi connectivity index (χ4n) is 2.23. The third kappa shape index (κ3) is 3.48. The van der Waals surface area contributed by atoms with E-state index in [0.29, 0.717) is 10.6 Å². The number of carbonyl (C=O) groups is 2. The molecule has 0 spiro atoms. The molecule has 2 amide bonds. The number of carbonyl (C=O) groups excluding carboxylic acids is 2. The van der Waals surface area contributed by atoms with Crippen LogP contribution in [0.2, 0.25) is 10.0 Å². The van der Waals surface area contributed by atoms with Crippen molar-refractivity contribution < 1.29 is 14.0 Å². The average molecular weight is 382 g/mol. The van der Waals surface area contributed by atoms with E-state index in [0.717, 1.165) is 16.7 Å². The Morgan fingerprint density at radius 3 is 2.58 bits per heavy atom. The third-order valence-corrected chi connectivity index (χ3v) is 4.89. The molecule has 1 saturated heterocycles. The van der Waals surface area contributed by atoms with Gasteiger partial charge in [0.25, 0.3) is 11.1 Å². The van der Waals surface area contributed by atoms with E-state index in [1.165, 1.54) is 18.2 Å². The van der Waals surface area contributed by atoms with Gasteiger partial charge >= 0.3 is 0 Å². The molecule has 7 heteroatoms. The van der Waals surface area contributed by atoms with Crippen LogP contribution >= 0.6 is 35.0 Å². The molecule has 1 fully saturated rings. The molecular weight excluding hydrogens is 372 g/mol. The van der Waals surface area contributed by atoms with Gasteiger partial charge in [-0.1, -0.05) is 41.4 Å². The molecule has 2 aromatic carbocycles. The van der Waals surface area contributed by atoms with E-state index in [4.69, 9.17) is 23.2 Å². The molecular formula is C17H10Cl2FNO2S. The first-order valence-corrected chi connectivity index (χ1v) is 8.47. The number of imide groups is 1. The molecule has 0 unspecified atom stereocenters. The molecule has 0 aliphatic carbocycles. The summed E-state index contributed by atoms with van der Waals surface area (Å²) in [5, 5.41) is 0.238. The van der Waals surface area contributed by atoms with Gasteiger partial charge in [0.2, 0.25) is 0 Å². The van der Waals surface area contributed by atoms with Crippen LogP contribution in [0.4, 0.5) is 9.18 Å². The number of nitrogens with zero attached hydrogens (tertiary/aromatic N) is 1. The Balaban J connectivity index is 1.87. The molecule has 3 nitrogen and oxygen atoms in total. The summed E-state index contributed by atoms with van der Waals surface area (Å²) in [7, 11) is 0. The Hall–Kier alpha value is -1.82. The Morgan fingerprint density at radius 1 is 1.12 bits per heavy atom. The first kappa shape index (κ1) is 17.0. The van der Waals surface area contributed by atoms with Crippen molar-refractivity contribution in [2.24, 2.45) is 0 Å². The van der Waals surface area contributed by atoms with Crippen molar-refractivity contribution in [2.75, 3.05) is 0 Å². The standard InChI is InChI=1S/C17H10Cl2FNO2S/c18-11-4-1-3-10(7-11)8-15-16(22)21(17(23)24-15)9-12-13(19)5-2-6-14(12)20/h1-8H,9H2/b15-8-. The van der Waals surface area contributed by atoms with Crippen LogP contribution in [0.25, 0.3) is 6.08 Å². The second kappa shape index (κ2) is 6.97. The molecule has 122 valence electrons. The van der Waals surface area contributed by atoms with E-state index in [9.17, 15) is 14.0 Å². The highest BCUT2D eigenvalue weighted by Crippen LogP contribution is 2.34. The minimum absolute atomic E-state index is 0.116. The minimum atomic E-state index is -0.555. The van der Waals surface area contributed by atoms with E-state index in [1.54, 1.807) is 30.3 Å². The highest BCUT2D eigenvalue weighted by atomic mass is 35.5. The van der Waals surface area contributed by atoms with Crippen molar-refractivity contribution >= 4 is 52.2 Å². The van der Waals surface area contributed by atoms with E-state index < -0.39 is 17.0 Å². The maximum absolute atomic E-state index is 13.9. The van der Waals surface area contributed by atoms with Crippen LogP contribution in [-0.4, -0.2) is 16.0 Å².